The molecule has 1 aromatic carbocycles. The Labute approximate surface area is 121 Å². The fourth-order valence-electron chi connectivity index (χ4n) is 1.80. The molecule has 1 heterocycles. The van der Waals surface area contributed by atoms with E-state index in [2.05, 4.69) is 0 Å². The van der Waals surface area contributed by atoms with Crippen LogP contribution in [-0.4, -0.2) is 29.1 Å². The average molecular weight is 293 g/mol. The summed E-state index contributed by atoms with van der Waals surface area (Å²) in [5.74, 6) is -1.08. The number of carbonyl (C=O) groups is 1. The van der Waals surface area contributed by atoms with Crippen molar-refractivity contribution < 1.29 is 14.3 Å². The van der Waals surface area contributed by atoms with Crippen molar-refractivity contribution in [3.05, 3.63) is 47.1 Å². The maximum absolute atomic E-state index is 12.9. The van der Waals surface area contributed by atoms with Crippen molar-refractivity contribution in [3.63, 3.8) is 0 Å². The van der Waals surface area contributed by atoms with Crippen molar-refractivity contribution in [1.82, 2.24) is 4.90 Å². The first-order valence-electron chi connectivity index (χ1n) is 6.25. The Morgan fingerprint density at radius 2 is 1.95 bits per heavy atom. The molecular weight excluding hydrogens is 277 g/mol. The monoisotopic (exact) mass is 293 g/mol. The number of thiophene rings is 1. The zero-order valence-corrected chi connectivity index (χ0v) is 12.2. The summed E-state index contributed by atoms with van der Waals surface area (Å²) in [7, 11) is 1.79. The fraction of sp³-hybridized carbons (Fsp3) is 0.267. The van der Waals surface area contributed by atoms with Gasteiger partial charge in [0.15, 0.2) is 0 Å². The van der Waals surface area contributed by atoms with Gasteiger partial charge in [-0.15, -0.1) is 11.3 Å². The van der Waals surface area contributed by atoms with Gasteiger partial charge in [-0.1, -0.05) is 12.1 Å². The lowest BCUT2D eigenvalue weighted by Gasteiger charge is -2.19. The van der Waals surface area contributed by atoms with Gasteiger partial charge in [0, 0.05) is 16.3 Å². The smallest absolute Gasteiger partial charge is 0.320 e. The molecule has 2 rings (SSSR count). The van der Waals surface area contributed by atoms with Crippen LogP contribution in [0.5, 0.6) is 0 Å². The fourth-order valence-corrected chi connectivity index (χ4v) is 2.88. The predicted molar refractivity (Wildman–Crippen MR) is 78.3 cm³/mol. The average Bonchev–Trinajstić information content (AvgIpc) is 2.87. The summed E-state index contributed by atoms with van der Waals surface area (Å²) in [6, 6.07) is 9.80. The van der Waals surface area contributed by atoms with E-state index in [1.807, 2.05) is 12.1 Å². The molecule has 0 aliphatic rings. The quantitative estimate of drug-likeness (QED) is 0.918. The first-order chi connectivity index (χ1) is 9.47. The van der Waals surface area contributed by atoms with Crippen molar-refractivity contribution in [1.29, 1.82) is 0 Å². The number of carboxylic acid groups (broad SMARTS) is 1. The van der Waals surface area contributed by atoms with Crippen LogP contribution in [0.4, 0.5) is 4.39 Å². The third-order valence-corrected chi connectivity index (χ3v) is 4.33. The molecule has 1 aromatic heterocycles. The molecular formula is C15H16FNO2S. The molecule has 1 N–H and O–H groups in total. The van der Waals surface area contributed by atoms with Crippen LogP contribution < -0.4 is 0 Å². The topological polar surface area (TPSA) is 40.5 Å². The molecule has 0 bridgehead atoms. The lowest BCUT2D eigenvalue weighted by Crippen LogP contribution is -2.34. The zero-order chi connectivity index (χ0) is 14.7. The first kappa shape index (κ1) is 14.7. The van der Waals surface area contributed by atoms with E-state index in [9.17, 15) is 9.18 Å². The molecule has 0 amide bonds. The minimum Gasteiger partial charge on any atom is -0.480 e. The lowest BCUT2D eigenvalue weighted by molar-refractivity contribution is -0.142. The molecule has 0 saturated heterocycles. The Morgan fingerprint density at radius 3 is 2.55 bits per heavy atom. The van der Waals surface area contributed by atoms with Crippen LogP contribution in [0.25, 0.3) is 10.4 Å². The van der Waals surface area contributed by atoms with Gasteiger partial charge in [-0.2, -0.15) is 0 Å². The van der Waals surface area contributed by atoms with Crippen molar-refractivity contribution >= 4 is 17.3 Å². The second kappa shape index (κ2) is 6.15. The summed E-state index contributed by atoms with van der Waals surface area (Å²) in [4.78, 5) is 14.8. The van der Waals surface area contributed by atoms with Gasteiger partial charge in [0.25, 0.3) is 0 Å². The van der Waals surface area contributed by atoms with Crippen LogP contribution in [-0.2, 0) is 11.3 Å². The third kappa shape index (κ3) is 3.43. The molecule has 1 atom stereocenters. The van der Waals surface area contributed by atoms with Gasteiger partial charge in [0.2, 0.25) is 0 Å². The van der Waals surface area contributed by atoms with Gasteiger partial charge in [-0.3, -0.25) is 9.69 Å². The predicted octanol–water partition coefficient (Wildman–Crippen LogP) is 3.46. The summed E-state index contributed by atoms with van der Waals surface area (Å²) >= 11 is 1.59. The summed E-state index contributed by atoms with van der Waals surface area (Å²) in [6.07, 6.45) is 0. The number of benzene rings is 1. The molecule has 106 valence electrons. The van der Waals surface area contributed by atoms with Gasteiger partial charge in [0.05, 0.1) is 0 Å². The number of likely N-dealkylation sites (N-methyl/N-ethyl adjacent to an activating group) is 1. The number of rotatable bonds is 5. The van der Waals surface area contributed by atoms with Gasteiger partial charge < -0.3 is 5.11 Å². The molecule has 0 aliphatic heterocycles. The third-order valence-electron chi connectivity index (χ3n) is 3.21. The highest BCUT2D eigenvalue weighted by Gasteiger charge is 2.17. The Kier molecular flexibility index (Phi) is 4.52. The van der Waals surface area contributed by atoms with E-state index in [1.54, 1.807) is 42.3 Å². The van der Waals surface area contributed by atoms with E-state index in [-0.39, 0.29) is 5.82 Å². The van der Waals surface area contributed by atoms with E-state index in [1.165, 1.54) is 12.1 Å². The molecule has 0 spiro atoms. The summed E-state index contributed by atoms with van der Waals surface area (Å²) in [6.45, 7) is 2.25. The summed E-state index contributed by atoms with van der Waals surface area (Å²) in [5, 5.41) is 8.97. The Bertz CT molecular complexity index is 594. The normalized spacial score (nSPS) is 12.6. The van der Waals surface area contributed by atoms with E-state index in [0.717, 1.165) is 15.3 Å². The van der Waals surface area contributed by atoms with Crippen LogP contribution in [0.2, 0.25) is 0 Å². The second-order valence-corrected chi connectivity index (χ2v) is 5.87. The zero-order valence-electron chi connectivity index (χ0n) is 11.3. The Balaban J connectivity index is 2.09. The highest BCUT2D eigenvalue weighted by atomic mass is 32.1. The maximum Gasteiger partial charge on any atom is 0.320 e. The number of aliphatic carboxylic acids is 1. The second-order valence-electron chi connectivity index (χ2n) is 4.70. The SMILES string of the molecule is CC(C(=O)O)N(C)Cc1ccc(-c2ccc(F)cc2)s1. The summed E-state index contributed by atoms with van der Waals surface area (Å²) in [5.41, 5.74) is 0.969. The molecule has 2 aromatic rings. The standard InChI is InChI=1S/C15H16FNO2S/c1-10(15(18)19)17(2)9-13-7-8-14(20-13)11-3-5-12(16)6-4-11/h3-8,10H,9H2,1-2H3,(H,18,19). The molecule has 0 fully saturated rings. The van der Waals surface area contributed by atoms with Gasteiger partial charge in [0.1, 0.15) is 11.9 Å². The van der Waals surface area contributed by atoms with E-state index < -0.39 is 12.0 Å². The lowest BCUT2D eigenvalue weighted by atomic mass is 10.2. The molecule has 0 aliphatic carbocycles. The van der Waals surface area contributed by atoms with E-state index >= 15 is 0 Å². The van der Waals surface area contributed by atoms with Gasteiger partial charge in [-0.25, -0.2) is 4.39 Å². The van der Waals surface area contributed by atoms with Crippen LogP contribution in [0.3, 0.4) is 0 Å². The van der Waals surface area contributed by atoms with E-state index in [0.29, 0.717) is 6.54 Å². The molecule has 1 unspecified atom stereocenters. The van der Waals surface area contributed by atoms with Gasteiger partial charge >= 0.3 is 5.97 Å². The number of carboxylic acids is 1. The highest BCUT2D eigenvalue weighted by Crippen LogP contribution is 2.29. The van der Waals surface area contributed by atoms with Crippen molar-refractivity contribution in [2.24, 2.45) is 0 Å². The number of halogens is 1. The van der Waals surface area contributed by atoms with Crippen molar-refractivity contribution in [3.8, 4) is 10.4 Å². The van der Waals surface area contributed by atoms with Crippen molar-refractivity contribution in [2.75, 3.05) is 7.05 Å². The van der Waals surface area contributed by atoms with Crippen molar-refractivity contribution in [2.45, 2.75) is 19.5 Å². The number of nitrogens with zero attached hydrogens (tertiary/aromatic N) is 1. The molecule has 0 radical (unpaired) electrons. The van der Waals surface area contributed by atoms with Crippen LogP contribution in [0.15, 0.2) is 36.4 Å². The molecule has 20 heavy (non-hydrogen) atoms. The minimum absolute atomic E-state index is 0.249. The van der Waals surface area contributed by atoms with Crippen LogP contribution >= 0.6 is 11.3 Å². The molecule has 5 heteroatoms. The molecule has 3 nitrogen and oxygen atoms in total. The molecule has 0 saturated carbocycles. The number of hydrogen-bond donors (Lipinski definition) is 1. The largest absolute Gasteiger partial charge is 0.480 e. The minimum atomic E-state index is -0.831. The first-order valence-corrected chi connectivity index (χ1v) is 7.06. The Morgan fingerprint density at radius 1 is 1.30 bits per heavy atom. The van der Waals surface area contributed by atoms with Crippen LogP contribution in [0.1, 0.15) is 11.8 Å². The van der Waals surface area contributed by atoms with E-state index in [4.69, 9.17) is 5.11 Å². The van der Waals surface area contributed by atoms with Crippen LogP contribution in [0, 0.1) is 5.82 Å². The highest BCUT2D eigenvalue weighted by molar-refractivity contribution is 7.15. The summed E-state index contributed by atoms with van der Waals surface area (Å²) < 4.78 is 12.9. The van der Waals surface area contributed by atoms with Gasteiger partial charge in [-0.05, 0) is 43.8 Å². The maximum atomic E-state index is 12.9. The number of hydrogen-bond acceptors (Lipinski definition) is 3. The Hall–Kier alpha value is -1.72.